The SMILES string of the molecule is COC(=O)CCn1c(=O)nc(C)c2c(C)c(O)c(O)cc21. The van der Waals surface area contributed by atoms with Gasteiger partial charge in [-0.05, 0) is 13.8 Å². The highest BCUT2D eigenvalue weighted by Gasteiger charge is 2.16. The second-order valence-corrected chi connectivity index (χ2v) is 4.72. The molecule has 0 unspecified atom stereocenters. The molecule has 0 spiro atoms. The van der Waals surface area contributed by atoms with E-state index in [4.69, 9.17) is 0 Å². The van der Waals surface area contributed by atoms with E-state index in [0.29, 0.717) is 22.2 Å². The zero-order chi connectivity index (χ0) is 15.7. The van der Waals surface area contributed by atoms with E-state index in [2.05, 4.69) is 9.72 Å². The van der Waals surface area contributed by atoms with Crippen LogP contribution in [0.4, 0.5) is 0 Å². The molecule has 1 aromatic carbocycles. The molecular formula is C14H16N2O5. The number of phenolic OH excluding ortho intramolecular Hbond substituents is 2. The highest BCUT2D eigenvalue weighted by molar-refractivity contribution is 5.88. The first-order chi connectivity index (χ1) is 9.86. The summed E-state index contributed by atoms with van der Waals surface area (Å²) in [7, 11) is 1.27. The summed E-state index contributed by atoms with van der Waals surface area (Å²) in [4.78, 5) is 27.2. The van der Waals surface area contributed by atoms with Crippen molar-refractivity contribution in [2.75, 3.05) is 7.11 Å². The van der Waals surface area contributed by atoms with Gasteiger partial charge in [-0.15, -0.1) is 0 Å². The van der Waals surface area contributed by atoms with Crippen LogP contribution in [0.1, 0.15) is 17.7 Å². The van der Waals surface area contributed by atoms with Crippen molar-refractivity contribution in [1.82, 2.24) is 9.55 Å². The molecule has 7 heteroatoms. The van der Waals surface area contributed by atoms with E-state index in [0.717, 1.165) is 0 Å². The van der Waals surface area contributed by atoms with Crippen LogP contribution in [0, 0.1) is 13.8 Å². The summed E-state index contributed by atoms with van der Waals surface area (Å²) in [6.45, 7) is 3.36. The number of fused-ring (bicyclic) bond motifs is 1. The zero-order valence-corrected chi connectivity index (χ0v) is 12.0. The van der Waals surface area contributed by atoms with E-state index in [1.54, 1.807) is 13.8 Å². The molecule has 0 aliphatic carbocycles. The molecule has 0 fully saturated rings. The second-order valence-electron chi connectivity index (χ2n) is 4.72. The molecule has 0 aliphatic heterocycles. The van der Waals surface area contributed by atoms with Crippen LogP contribution in [0.15, 0.2) is 10.9 Å². The summed E-state index contributed by atoms with van der Waals surface area (Å²) in [5.41, 5.74) is 0.788. The van der Waals surface area contributed by atoms with Crippen LogP contribution < -0.4 is 5.69 Å². The Morgan fingerprint density at radius 2 is 2.05 bits per heavy atom. The minimum atomic E-state index is -0.520. The number of hydrogen-bond acceptors (Lipinski definition) is 6. The average Bonchev–Trinajstić information content (AvgIpc) is 2.43. The standard InChI is InChI=1S/C14H16N2O5/c1-7-12-8(2)15-14(20)16(5-4-11(18)21-3)9(12)6-10(17)13(7)19/h6,17,19H,4-5H2,1-3H3. The summed E-state index contributed by atoms with van der Waals surface area (Å²) in [5.74, 6) is -1.02. The van der Waals surface area contributed by atoms with Gasteiger partial charge >= 0.3 is 11.7 Å². The summed E-state index contributed by atoms with van der Waals surface area (Å²) in [6, 6.07) is 1.30. The monoisotopic (exact) mass is 292 g/mol. The first-order valence-corrected chi connectivity index (χ1v) is 6.36. The number of hydrogen-bond donors (Lipinski definition) is 2. The molecule has 1 heterocycles. The minimum absolute atomic E-state index is 0.0108. The summed E-state index contributed by atoms with van der Waals surface area (Å²) < 4.78 is 5.83. The van der Waals surface area contributed by atoms with Crippen molar-refractivity contribution in [3.05, 3.63) is 27.8 Å². The van der Waals surface area contributed by atoms with Crippen LogP contribution in [-0.2, 0) is 16.1 Å². The lowest BCUT2D eigenvalue weighted by molar-refractivity contribution is -0.140. The highest BCUT2D eigenvalue weighted by atomic mass is 16.5. The Hall–Kier alpha value is -2.57. The average molecular weight is 292 g/mol. The van der Waals surface area contributed by atoms with Crippen molar-refractivity contribution in [3.63, 3.8) is 0 Å². The van der Waals surface area contributed by atoms with Gasteiger partial charge in [0.1, 0.15) is 0 Å². The summed E-state index contributed by atoms with van der Waals surface area (Å²) >= 11 is 0. The van der Waals surface area contributed by atoms with Crippen molar-refractivity contribution in [1.29, 1.82) is 0 Å². The van der Waals surface area contributed by atoms with Gasteiger partial charge in [0, 0.05) is 23.6 Å². The molecule has 1 aromatic heterocycles. The van der Waals surface area contributed by atoms with E-state index < -0.39 is 11.7 Å². The van der Waals surface area contributed by atoms with Gasteiger partial charge in [0.25, 0.3) is 0 Å². The largest absolute Gasteiger partial charge is 0.504 e. The lowest BCUT2D eigenvalue weighted by Gasteiger charge is -2.14. The quantitative estimate of drug-likeness (QED) is 0.646. The maximum Gasteiger partial charge on any atom is 0.348 e. The Labute approximate surface area is 120 Å². The maximum atomic E-state index is 12.0. The Balaban J connectivity index is 2.70. The van der Waals surface area contributed by atoms with Gasteiger partial charge in [0.2, 0.25) is 0 Å². The number of aromatic hydroxyl groups is 2. The maximum absolute atomic E-state index is 12.0. The van der Waals surface area contributed by atoms with Crippen molar-refractivity contribution >= 4 is 16.9 Å². The fraction of sp³-hybridized carbons (Fsp3) is 0.357. The number of rotatable bonds is 3. The van der Waals surface area contributed by atoms with Crippen molar-refractivity contribution in [2.45, 2.75) is 26.8 Å². The van der Waals surface area contributed by atoms with Gasteiger partial charge < -0.3 is 14.9 Å². The number of phenols is 2. The molecule has 0 bridgehead atoms. The molecule has 0 amide bonds. The van der Waals surface area contributed by atoms with E-state index >= 15 is 0 Å². The van der Waals surface area contributed by atoms with Gasteiger partial charge in [0.15, 0.2) is 11.5 Å². The number of methoxy groups -OCH3 is 1. The zero-order valence-electron chi connectivity index (χ0n) is 12.0. The predicted octanol–water partition coefficient (Wildman–Crippen LogP) is 0.988. The van der Waals surface area contributed by atoms with Gasteiger partial charge in [-0.2, -0.15) is 4.98 Å². The number of nitrogens with zero attached hydrogens (tertiary/aromatic N) is 2. The number of aryl methyl sites for hydroxylation is 3. The van der Waals surface area contributed by atoms with Crippen LogP contribution in [0.3, 0.4) is 0 Å². The van der Waals surface area contributed by atoms with Crippen LogP contribution in [0.2, 0.25) is 0 Å². The fourth-order valence-electron chi connectivity index (χ4n) is 2.33. The van der Waals surface area contributed by atoms with Gasteiger partial charge in [-0.1, -0.05) is 0 Å². The number of ether oxygens (including phenoxy) is 1. The molecule has 0 radical (unpaired) electrons. The molecule has 0 atom stereocenters. The van der Waals surface area contributed by atoms with Crippen LogP contribution >= 0.6 is 0 Å². The summed E-state index contributed by atoms with van der Waals surface area (Å²) in [5, 5.41) is 20.1. The minimum Gasteiger partial charge on any atom is -0.504 e. The second kappa shape index (κ2) is 5.43. The molecule has 112 valence electrons. The lowest BCUT2D eigenvalue weighted by atomic mass is 10.1. The fourth-order valence-corrected chi connectivity index (χ4v) is 2.33. The molecule has 21 heavy (non-hydrogen) atoms. The highest BCUT2D eigenvalue weighted by Crippen LogP contribution is 2.35. The Bertz CT molecular complexity index is 779. The van der Waals surface area contributed by atoms with Gasteiger partial charge in [-0.25, -0.2) is 4.79 Å². The Kier molecular flexibility index (Phi) is 3.84. The number of carbonyl (C=O) groups excluding carboxylic acids is 1. The normalized spacial score (nSPS) is 10.8. The molecule has 0 aliphatic rings. The molecule has 2 rings (SSSR count). The third-order valence-electron chi connectivity index (χ3n) is 3.42. The van der Waals surface area contributed by atoms with Crippen LogP contribution in [0.5, 0.6) is 11.5 Å². The Morgan fingerprint density at radius 1 is 1.38 bits per heavy atom. The van der Waals surface area contributed by atoms with Crippen LogP contribution in [0.25, 0.3) is 10.9 Å². The van der Waals surface area contributed by atoms with E-state index in [1.165, 1.54) is 17.7 Å². The molecule has 7 nitrogen and oxygen atoms in total. The first-order valence-electron chi connectivity index (χ1n) is 6.36. The smallest absolute Gasteiger partial charge is 0.348 e. The number of esters is 1. The van der Waals surface area contributed by atoms with E-state index in [9.17, 15) is 19.8 Å². The lowest BCUT2D eigenvalue weighted by Crippen LogP contribution is -2.25. The molecule has 2 aromatic rings. The Morgan fingerprint density at radius 3 is 2.67 bits per heavy atom. The molecular weight excluding hydrogens is 276 g/mol. The van der Waals surface area contributed by atoms with E-state index in [1.807, 2.05) is 0 Å². The number of carbonyl (C=O) groups is 1. The number of benzene rings is 1. The topological polar surface area (TPSA) is 102 Å². The van der Waals surface area contributed by atoms with Crippen molar-refractivity contribution < 1.29 is 19.7 Å². The van der Waals surface area contributed by atoms with Crippen LogP contribution in [-0.4, -0.2) is 32.8 Å². The van der Waals surface area contributed by atoms with Gasteiger partial charge in [0.05, 0.1) is 24.7 Å². The van der Waals surface area contributed by atoms with E-state index in [-0.39, 0.29) is 24.5 Å². The first kappa shape index (κ1) is 14.8. The third-order valence-corrected chi connectivity index (χ3v) is 3.42. The predicted molar refractivity (Wildman–Crippen MR) is 75.4 cm³/mol. The van der Waals surface area contributed by atoms with Crippen molar-refractivity contribution in [3.8, 4) is 11.5 Å². The molecule has 0 saturated heterocycles. The van der Waals surface area contributed by atoms with Crippen molar-refractivity contribution in [2.24, 2.45) is 0 Å². The van der Waals surface area contributed by atoms with Gasteiger partial charge in [-0.3, -0.25) is 9.36 Å². The number of aromatic nitrogens is 2. The summed E-state index contributed by atoms with van der Waals surface area (Å²) in [6.07, 6.45) is 0.0108. The third kappa shape index (κ3) is 2.54. The molecule has 2 N–H and O–H groups in total. The molecule has 0 saturated carbocycles.